The number of hydrogen-bond donors (Lipinski definition) is 2. The van der Waals surface area contributed by atoms with E-state index in [-0.39, 0.29) is 7.69 Å². The first-order valence-corrected chi connectivity index (χ1v) is 6.65. The van der Waals surface area contributed by atoms with Gasteiger partial charge in [0.25, 0.3) is 0 Å². The number of anilines is 2. The Morgan fingerprint density at radius 2 is 1.33 bits per heavy atom. The summed E-state index contributed by atoms with van der Waals surface area (Å²) in [5.74, 6) is 3.14. The zero-order valence-corrected chi connectivity index (χ0v) is 11.2. The van der Waals surface area contributed by atoms with E-state index >= 15 is 0 Å². The SMILES string of the molecule is B(Oc1ccc2c(c1)NCO2)Oc1ccc2c(c1)NCO2. The van der Waals surface area contributed by atoms with E-state index in [2.05, 4.69) is 10.6 Å². The van der Waals surface area contributed by atoms with Crippen molar-refractivity contribution in [1.29, 1.82) is 0 Å². The second-order valence-corrected chi connectivity index (χ2v) is 4.65. The molecule has 0 saturated carbocycles. The normalized spacial score (nSPS) is 13.9. The van der Waals surface area contributed by atoms with Crippen LogP contribution in [0.5, 0.6) is 23.0 Å². The molecule has 106 valence electrons. The second kappa shape index (κ2) is 5.01. The fraction of sp³-hybridized carbons (Fsp3) is 0.143. The van der Waals surface area contributed by atoms with Crippen molar-refractivity contribution in [3.8, 4) is 23.0 Å². The minimum Gasteiger partial charge on any atom is -0.528 e. The minimum absolute atomic E-state index is 0.138. The third kappa shape index (κ3) is 2.38. The van der Waals surface area contributed by atoms with Crippen LogP contribution in [0.25, 0.3) is 0 Å². The van der Waals surface area contributed by atoms with Gasteiger partial charge in [-0.25, -0.2) is 0 Å². The molecule has 4 rings (SSSR count). The molecule has 0 spiro atoms. The summed E-state index contributed by atoms with van der Waals surface area (Å²) in [7, 11) is 0.138. The summed E-state index contributed by atoms with van der Waals surface area (Å²) in [4.78, 5) is 0. The van der Waals surface area contributed by atoms with Crippen molar-refractivity contribution in [3.05, 3.63) is 36.4 Å². The number of hydrogen-bond acceptors (Lipinski definition) is 6. The van der Waals surface area contributed by atoms with Crippen molar-refractivity contribution in [3.63, 3.8) is 0 Å². The minimum atomic E-state index is 0.138. The summed E-state index contributed by atoms with van der Waals surface area (Å²) in [6.45, 7) is 0.999. The Morgan fingerprint density at radius 3 is 1.86 bits per heavy atom. The highest BCUT2D eigenvalue weighted by molar-refractivity contribution is 6.20. The van der Waals surface area contributed by atoms with Gasteiger partial charge < -0.3 is 29.4 Å². The Kier molecular flexibility index (Phi) is 2.88. The van der Waals surface area contributed by atoms with E-state index in [1.165, 1.54) is 0 Å². The van der Waals surface area contributed by atoms with Gasteiger partial charge in [-0.3, -0.25) is 0 Å². The Hall–Kier alpha value is -2.70. The molecule has 0 unspecified atom stereocenters. The average molecular weight is 284 g/mol. The molecule has 0 atom stereocenters. The molecule has 0 fully saturated rings. The van der Waals surface area contributed by atoms with Crippen molar-refractivity contribution < 1.29 is 18.8 Å². The highest BCUT2D eigenvalue weighted by Crippen LogP contribution is 2.33. The molecule has 0 aromatic heterocycles. The molecule has 2 aromatic carbocycles. The molecule has 0 saturated heterocycles. The maximum absolute atomic E-state index is 5.59. The van der Waals surface area contributed by atoms with Crippen LogP contribution < -0.4 is 29.4 Å². The number of fused-ring (bicyclic) bond motifs is 2. The third-order valence-electron chi connectivity index (χ3n) is 3.33. The number of ether oxygens (including phenoxy) is 2. The smallest absolute Gasteiger partial charge is 0.528 e. The topological polar surface area (TPSA) is 61.0 Å². The largest absolute Gasteiger partial charge is 0.576 e. The Balaban J connectivity index is 1.37. The highest BCUT2D eigenvalue weighted by atomic mass is 16.6. The molecule has 0 aliphatic carbocycles. The van der Waals surface area contributed by atoms with Gasteiger partial charge in [-0.15, -0.1) is 0 Å². The van der Waals surface area contributed by atoms with Crippen molar-refractivity contribution in [1.82, 2.24) is 0 Å². The molecule has 2 aromatic rings. The number of benzene rings is 2. The van der Waals surface area contributed by atoms with Crippen LogP contribution in [-0.4, -0.2) is 21.1 Å². The van der Waals surface area contributed by atoms with Gasteiger partial charge in [0.05, 0.1) is 11.4 Å². The van der Waals surface area contributed by atoms with Gasteiger partial charge in [-0.05, 0) is 24.3 Å². The lowest BCUT2D eigenvalue weighted by Crippen LogP contribution is -2.10. The van der Waals surface area contributed by atoms with Gasteiger partial charge >= 0.3 is 7.69 Å². The van der Waals surface area contributed by atoms with Gasteiger partial charge in [-0.2, -0.15) is 0 Å². The summed E-state index contributed by atoms with van der Waals surface area (Å²) in [6, 6.07) is 11.2. The second-order valence-electron chi connectivity index (χ2n) is 4.65. The lowest BCUT2D eigenvalue weighted by atomic mass is 10.2. The first kappa shape index (κ1) is 12.1. The summed E-state index contributed by atoms with van der Waals surface area (Å²) in [6.07, 6.45) is 0. The lowest BCUT2D eigenvalue weighted by molar-refractivity contribution is 0.372. The first-order chi connectivity index (χ1) is 10.4. The molecule has 0 bridgehead atoms. The zero-order valence-electron chi connectivity index (χ0n) is 11.2. The predicted molar refractivity (Wildman–Crippen MR) is 79.5 cm³/mol. The number of rotatable bonds is 4. The predicted octanol–water partition coefficient (Wildman–Crippen LogP) is 1.93. The van der Waals surface area contributed by atoms with Gasteiger partial charge in [0.15, 0.2) is 13.5 Å². The Morgan fingerprint density at radius 1 is 0.810 bits per heavy atom. The molecule has 0 amide bonds. The summed E-state index contributed by atoms with van der Waals surface area (Å²) >= 11 is 0. The van der Waals surface area contributed by atoms with Crippen LogP contribution in [0.4, 0.5) is 11.4 Å². The van der Waals surface area contributed by atoms with E-state index in [0.29, 0.717) is 13.5 Å². The fourth-order valence-corrected chi connectivity index (χ4v) is 2.27. The lowest BCUT2D eigenvalue weighted by Gasteiger charge is -2.09. The summed E-state index contributed by atoms with van der Waals surface area (Å²) < 4.78 is 21.9. The maximum Gasteiger partial charge on any atom is 0.576 e. The van der Waals surface area contributed by atoms with Crippen molar-refractivity contribution in [2.45, 2.75) is 0 Å². The molecule has 2 aliphatic heterocycles. The quantitative estimate of drug-likeness (QED) is 0.837. The van der Waals surface area contributed by atoms with E-state index in [9.17, 15) is 0 Å². The van der Waals surface area contributed by atoms with Crippen LogP contribution >= 0.6 is 0 Å². The highest BCUT2D eigenvalue weighted by Gasteiger charge is 2.13. The molecular weight excluding hydrogens is 271 g/mol. The standard InChI is InChI=1S/C14H13BN2O4/c1-3-13-11(16-7-18-13)5-9(1)20-15-21-10-2-4-14-12(6-10)17-8-19-14/h1-6,15-17H,7-8H2. The van der Waals surface area contributed by atoms with Gasteiger partial charge in [-0.1, -0.05) is 0 Å². The van der Waals surface area contributed by atoms with E-state index in [1.54, 1.807) is 0 Å². The van der Waals surface area contributed by atoms with Crippen LogP contribution in [0.2, 0.25) is 0 Å². The van der Waals surface area contributed by atoms with Crippen molar-refractivity contribution >= 4 is 19.1 Å². The molecule has 7 heteroatoms. The molecule has 6 nitrogen and oxygen atoms in total. The number of nitrogens with one attached hydrogen (secondary N) is 2. The van der Waals surface area contributed by atoms with Crippen LogP contribution in [0.1, 0.15) is 0 Å². The Bertz CT molecular complexity index is 623. The summed E-state index contributed by atoms with van der Waals surface area (Å²) in [5.41, 5.74) is 1.87. The van der Waals surface area contributed by atoms with Crippen molar-refractivity contribution in [2.24, 2.45) is 0 Å². The molecule has 0 radical (unpaired) electrons. The van der Waals surface area contributed by atoms with Gasteiger partial charge in [0.2, 0.25) is 0 Å². The van der Waals surface area contributed by atoms with Crippen LogP contribution in [0.3, 0.4) is 0 Å². The maximum atomic E-state index is 5.59. The third-order valence-corrected chi connectivity index (χ3v) is 3.33. The first-order valence-electron chi connectivity index (χ1n) is 6.65. The molecule has 2 N–H and O–H groups in total. The van der Waals surface area contributed by atoms with Crippen LogP contribution in [-0.2, 0) is 0 Å². The van der Waals surface area contributed by atoms with Gasteiger partial charge in [0, 0.05) is 12.1 Å². The molecule has 2 aliphatic rings. The Labute approximate surface area is 122 Å². The fourth-order valence-electron chi connectivity index (χ4n) is 2.27. The monoisotopic (exact) mass is 284 g/mol. The molecule has 2 heterocycles. The van der Waals surface area contributed by atoms with E-state index in [0.717, 1.165) is 34.4 Å². The van der Waals surface area contributed by atoms with Gasteiger partial charge in [0.1, 0.15) is 23.0 Å². The molecule has 21 heavy (non-hydrogen) atoms. The average Bonchev–Trinajstić information content (AvgIpc) is 3.14. The van der Waals surface area contributed by atoms with E-state index < -0.39 is 0 Å². The van der Waals surface area contributed by atoms with Crippen molar-refractivity contribution in [2.75, 3.05) is 24.1 Å². The van der Waals surface area contributed by atoms with E-state index in [1.807, 2.05) is 36.4 Å². The van der Waals surface area contributed by atoms with E-state index in [4.69, 9.17) is 18.8 Å². The van der Waals surface area contributed by atoms with Crippen LogP contribution in [0, 0.1) is 0 Å². The zero-order chi connectivity index (χ0) is 14.1. The van der Waals surface area contributed by atoms with Crippen LogP contribution in [0.15, 0.2) is 36.4 Å². The molecular formula is C14H13BN2O4. The summed E-state index contributed by atoms with van der Waals surface area (Å²) in [5, 5.41) is 6.22.